The Labute approximate surface area is 82.2 Å². The highest BCUT2D eigenvalue weighted by Gasteiger charge is 1.90. The Kier molecular flexibility index (Phi) is 3.53. The summed E-state index contributed by atoms with van der Waals surface area (Å²) < 4.78 is 0. The van der Waals surface area contributed by atoms with Crippen LogP contribution < -0.4 is 5.32 Å². The highest BCUT2D eigenvalue weighted by molar-refractivity contribution is 6.30. The maximum atomic E-state index is 10.1. The fourth-order valence-corrected chi connectivity index (χ4v) is 1.07. The van der Waals surface area contributed by atoms with Crippen LogP contribution in [0.4, 0.5) is 0 Å². The molecule has 0 bridgehead atoms. The fraction of sp³-hybridized carbons (Fsp3) is 0.100. The van der Waals surface area contributed by atoms with Gasteiger partial charge in [0.05, 0.1) is 0 Å². The number of allylic oxidation sites excluding steroid dienone is 1. The van der Waals surface area contributed by atoms with Gasteiger partial charge < -0.3 is 5.32 Å². The fourth-order valence-electron chi connectivity index (χ4n) is 0.944. The summed E-state index contributed by atoms with van der Waals surface area (Å²) in [5.41, 5.74) is 1.81. The van der Waals surface area contributed by atoms with Crippen molar-refractivity contribution in [2.24, 2.45) is 0 Å². The van der Waals surface area contributed by atoms with Gasteiger partial charge in [-0.15, -0.1) is 0 Å². The quantitative estimate of drug-likeness (QED) is 0.738. The first-order valence-corrected chi connectivity index (χ1v) is 4.24. The van der Waals surface area contributed by atoms with E-state index in [0.717, 1.165) is 11.3 Å². The minimum atomic E-state index is 0.655. The number of carbonyl (C=O) groups excluding carboxylic acids is 1. The summed E-state index contributed by atoms with van der Waals surface area (Å²) in [7, 11) is 0. The Morgan fingerprint density at radius 3 is 2.54 bits per heavy atom. The van der Waals surface area contributed by atoms with E-state index in [2.05, 4.69) is 5.32 Å². The molecule has 0 unspecified atom stereocenters. The van der Waals surface area contributed by atoms with Crippen LogP contribution in [0.2, 0.25) is 5.02 Å². The number of amides is 1. The standard InChI is InChI=1S/C10H10ClNO/c1-8(12-7-13)6-9-2-4-10(11)5-3-9/h2-7H,1H3,(H,12,13)/b8-6+. The van der Waals surface area contributed by atoms with Gasteiger partial charge >= 0.3 is 0 Å². The number of hydrogen-bond donors (Lipinski definition) is 1. The molecule has 13 heavy (non-hydrogen) atoms. The second-order valence-electron chi connectivity index (χ2n) is 2.64. The minimum Gasteiger partial charge on any atom is -0.333 e. The van der Waals surface area contributed by atoms with Crippen LogP contribution >= 0.6 is 11.6 Å². The van der Waals surface area contributed by atoms with Gasteiger partial charge in [0.2, 0.25) is 6.41 Å². The molecule has 1 amide bonds. The van der Waals surface area contributed by atoms with Crippen LogP contribution in [-0.4, -0.2) is 6.41 Å². The summed E-state index contributed by atoms with van der Waals surface area (Å²) in [4.78, 5) is 10.1. The normalized spacial score (nSPS) is 11.1. The van der Waals surface area contributed by atoms with Crippen LogP contribution in [0.25, 0.3) is 6.08 Å². The number of carbonyl (C=O) groups is 1. The maximum Gasteiger partial charge on any atom is 0.211 e. The largest absolute Gasteiger partial charge is 0.333 e. The number of nitrogens with one attached hydrogen (secondary N) is 1. The van der Waals surface area contributed by atoms with E-state index in [1.54, 1.807) is 0 Å². The van der Waals surface area contributed by atoms with E-state index in [-0.39, 0.29) is 0 Å². The van der Waals surface area contributed by atoms with E-state index < -0.39 is 0 Å². The first kappa shape index (κ1) is 9.81. The lowest BCUT2D eigenvalue weighted by molar-refractivity contribution is -0.108. The molecule has 0 aliphatic carbocycles. The molecular weight excluding hydrogens is 186 g/mol. The van der Waals surface area contributed by atoms with Crippen molar-refractivity contribution in [3.63, 3.8) is 0 Å². The van der Waals surface area contributed by atoms with Crippen molar-refractivity contribution in [3.05, 3.63) is 40.5 Å². The summed E-state index contributed by atoms with van der Waals surface area (Å²) in [6.45, 7) is 1.82. The summed E-state index contributed by atoms with van der Waals surface area (Å²) in [5, 5.41) is 3.26. The Bertz CT molecular complexity index is 316. The van der Waals surface area contributed by atoms with Crippen molar-refractivity contribution in [3.8, 4) is 0 Å². The van der Waals surface area contributed by atoms with E-state index >= 15 is 0 Å². The molecule has 1 rings (SSSR count). The van der Waals surface area contributed by atoms with Gasteiger partial charge in [0.25, 0.3) is 0 Å². The molecule has 0 heterocycles. The monoisotopic (exact) mass is 195 g/mol. The van der Waals surface area contributed by atoms with Crippen LogP contribution in [0.3, 0.4) is 0 Å². The van der Waals surface area contributed by atoms with Crippen LogP contribution in [0.5, 0.6) is 0 Å². The van der Waals surface area contributed by atoms with Crippen molar-refractivity contribution < 1.29 is 4.79 Å². The van der Waals surface area contributed by atoms with Crippen LogP contribution in [0.15, 0.2) is 30.0 Å². The Balaban J connectivity index is 2.78. The molecule has 0 aromatic heterocycles. The molecule has 0 aliphatic rings. The van der Waals surface area contributed by atoms with Crippen molar-refractivity contribution in [1.29, 1.82) is 0 Å². The molecule has 1 aromatic rings. The second kappa shape index (κ2) is 4.67. The van der Waals surface area contributed by atoms with Gasteiger partial charge in [0, 0.05) is 10.7 Å². The number of benzene rings is 1. The average Bonchev–Trinajstić information content (AvgIpc) is 2.09. The third-order valence-electron chi connectivity index (χ3n) is 1.54. The maximum absolute atomic E-state index is 10.1. The summed E-state index contributed by atoms with van der Waals surface area (Å²) in [6, 6.07) is 7.39. The lowest BCUT2D eigenvalue weighted by Crippen LogP contribution is -2.06. The zero-order chi connectivity index (χ0) is 9.68. The van der Waals surface area contributed by atoms with Gasteiger partial charge in [0.1, 0.15) is 0 Å². The Morgan fingerprint density at radius 1 is 1.38 bits per heavy atom. The smallest absolute Gasteiger partial charge is 0.211 e. The molecule has 0 spiro atoms. The topological polar surface area (TPSA) is 29.1 Å². The molecule has 0 aliphatic heterocycles. The summed E-state index contributed by atoms with van der Waals surface area (Å²) in [5.74, 6) is 0. The van der Waals surface area contributed by atoms with Gasteiger partial charge in [-0.1, -0.05) is 23.7 Å². The van der Waals surface area contributed by atoms with Crippen LogP contribution in [0.1, 0.15) is 12.5 Å². The predicted octanol–water partition coefficient (Wildman–Crippen LogP) is 2.45. The van der Waals surface area contributed by atoms with E-state index in [9.17, 15) is 4.79 Å². The van der Waals surface area contributed by atoms with Gasteiger partial charge in [-0.25, -0.2) is 0 Å². The Morgan fingerprint density at radius 2 is 2.00 bits per heavy atom. The van der Waals surface area contributed by atoms with Crippen molar-refractivity contribution >= 4 is 24.1 Å². The summed E-state index contributed by atoms with van der Waals surface area (Å²) in [6.07, 6.45) is 2.52. The predicted molar refractivity (Wildman–Crippen MR) is 54.3 cm³/mol. The third kappa shape index (κ3) is 3.30. The molecule has 0 radical (unpaired) electrons. The molecule has 1 aromatic carbocycles. The molecule has 2 nitrogen and oxygen atoms in total. The molecule has 68 valence electrons. The molecule has 0 saturated heterocycles. The van der Waals surface area contributed by atoms with E-state index in [4.69, 9.17) is 11.6 Å². The highest BCUT2D eigenvalue weighted by atomic mass is 35.5. The third-order valence-corrected chi connectivity index (χ3v) is 1.79. The van der Waals surface area contributed by atoms with E-state index in [0.29, 0.717) is 11.4 Å². The minimum absolute atomic E-state index is 0.655. The highest BCUT2D eigenvalue weighted by Crippen LogP contribution is 2.11. The molecule has 0 saturated carbocycles. The van der Waals surface area contributed by atoms with Gasteiger partial charge in [-0.2, -0.15) is 0 Å². The molecule has 1 N–H and O–H groups in total. The van der Waals surface area contributed by atoms with E-state index in [1.165, 1.54) is 0 Å². The second-order valence-corrected chi connectivity index (χ2v) is 3.08. The zero-order valence-corrected chi connectivity index (χ0v) is 8.01. The van der Waals surface area contributed by atoms with Crippen LogP contribution in [0, 0.1) is 0 Å². The van der Waals surface area contributed by atoms with Gasteiger partial charge in [-0.05, 0) is 30.7 Å². The lowest BCUT2D eigenvalue weighted by atomic mass is 10.2. The van der Waals surface area contributed by atoms with Crippen molar-refractivity contribution in [1.82, 2.24) is 5.32 Å². The first-order chi connectivity index (χ1) is 6.22. The van der Waals surface area contributed by atoms with Crippen molar-refractivity contribution in [2.75, 3.05) is 0 Å². The molecule has 0 atom stereocenters. The number of hydrogen-bond acceptors (Lipinski definition) is 1. The average molecular weight is 196 g/mol. The SMILES string of the molecule is C/C(=C\c1ccc(Cl)cc1)NC=O. The van der Waals surface area contributed by atoms with Crippen molar-refractivity contribution in [2.45, 2.75) is 6.92 Å². The molecule has 0 fully saturated rings. The number of rotatable bonds is 3. The number of halogens is 1. The zero-order valence-electron chi connectivity index (χ0n) is 7.25. The van der Waals surface area contributed by atoms with E-state index in [1.807, 2.05) is 37.3 Å². The lowest BCUT2D eigenvalue weighted by Gasteiger charge is -1.98. The molecular formula is C10H10ClNO. The van der Waals surface area contributed by atoms with Crippen LogP contribution in [-0.2, 0) is 4.79 Å². The van der Waals surface area contributed by atoms with Gasteiger partial charge in [0.15, 0.2) is 0 Å². The first-order valence-electron chi connectivity index (χ1n) is 3.86. The summed E-state index contributed by atoms with van der Waals surface area (Å²) >= 11 is 5.72. The van der Waals surface area contributed by atoms with Gasteiger partial charge in [-0.3, -0.25) is 4.79 Å². The Hall–Kier alpha value is -1.28. The molecule has 3 heteroatoms.